The summed E-state index contributed by atoms with van der Waals surface area (Å²) in [6.07, 6.45) is -4.52. The molecule has 1 aliphatic heterocycles. The third-order valence-electron chi connectivity index (χ3n) is 4.96. The second kappa shape index (κ2) is 9.11. The number of rotatable bonds is 5. The Labute approximate surface area is 196 Å². The van der Waals surface area contributed by atoms with Gasteiger partial charge in [-0.2, -0.15) is 18.4 Å². The van der Waals surface area contributed by atoms with E-state index in [1.165, 1.54) is 36.0 Å². The van der Waals surface area contributed by atoms with Crippen LogP contribution in [0.4, 0.5) is 18.9 Å². The highest BCUT2D eigenvalue weighted by Gasteiger charge is 2.31. The number of furan rings is 1. The number of hydrogen-bond donors (Lipinski definition) is 0. The molecule has 0 bridgehead atoms. The van der Waals surface area contributed by atoms with E-state index in [0.717, 1.165) is 22.7 Å². The van der Waals surface area contributed by atoms with Crippen LogP contribution in [0.5, 0.6) is 0 Å². The number of halogens is 3. The maximum Gasteiger partial charge on any atom is 0.416 e. The Morgan fingerprint density at radius 1 is 1.12 bits per heavy atom. The van der Waals surface area contributed by atoms with E-state index < -0.39 is 30.1 Å². The number of esters is 1. The zero-order chi connectivity index (χ0) is 24.5. The number of fused-ring (bicyclic) bond motifs is 1. The molecule has 3 aromatic rings. The van der Waals surface area contributed by atoms with E-state index in [1.54, 1.807) is 11.9 Å². The highest BCUT2D eigenvalue weighted by atomic mass is 32.2. The summed E-state index contributed by atoms with van der Waals surface area (Å²) in [6, 6.07) is 16.3. The average Bonchev–Trinajstić information content (AvgIpc) is 3.44. The molecule has 34 heavy (non-hydrogen) atoms. The molecule has 0 amide bonds. The van der Waals surface area contributed by atoms with Crippen molar-refractivity contribution in [3.63, 3.8) is 0 Å². The predicted octanol–water partition coefficient (Wildman–Crippen LogP) is 5.67. The average molecular weight is 484 g/mol. The highest BCUT2D eigenvalue weighted by molar-refractivity contribution is 8.03. The molecule has 2 heterocycles. The van der Waals surface area contributed by atoms with E-state index in [9.17, 15) is 28.0 Å². The molecule has 10 heteroatoms. The number of alkyl halides is 3. The molecule has 0 aliphatic carbocycles. The first kappa shape index (κ1) is 23.2. The standard InChI is InChI=1S/C24H15F3N2O4S/c1-29-17-7-2-3-8-21(17)34-22(29)16(12-28)18(30)13-32-23(31)20-10-9-19(33-20)14-5-4-6-15(11-14)24(25,26)27/h2-11H,13H2,1H3/b22-16-. The molecule has 0 unspecified atom stereocenters. The molecule has 172 valence electrons. The Balaban J connectivity index is 1.45. The van der Waals surface area contributed by atoms with Crippen LogP contribution < -0.4 is 4.90 Å². The second-order valence-electron chi connectivity index (χ2n) is 7.16. The minimum atomic E-state index is -4.52. The van der Waals surface area contributed by atoms with Gasteiger partial charge in [-0.3, -0.25) is 4.79 Å². The van der Waals surface area contributed by atoms with Gasteiger partial charge in [0.25, 0.3) is 0 Å². The lowest BCUT2D eigenvalue weighted by molar-refractivity contribution is -0.137. The Kier molecular flexibility index (Phi) is 6.22. The molecular weight excluding hydrogens is 469 g/mol. The first-order chi connectivity index (χ1) is 16.2. The zero-order valence-corrected chi connectivity index (χ0v) is 18.4. The van der Waals surface area contributed by atoms with Crippen molar-refractivity contribution in [3.05, 3.63) is 82.6 Å². The molecule has 0 radical (unpaired) electrons. The monoisotopic (exact) mass is 484 g/mol. The van der Waals surface area contributed by atoms with Crippen LogP contribution in [-0.4, -0.2) is 25.4 Å². The first-order valence-electron chi connectivity index (χ1n) is 9.82. The Morgan fingerprint density at radius 3 is 2.59 bits per heavy atom. The lowest BCUT2D eigenvalue weighted by atomic mass is 10.1. The number of thioether (sulfide) groups is 1. The smallest absolute Gasteiger partial charge is 0.416 e. The molecule has 1 aliphatic rings. The third-order valence-corrected chi connectivity index (χ3v) is 6.19. The molecule has 0 saturated heterocycles. The van der Waals surface area contributed by atoms with Crippen LogP contribution in [-0.2, 0) is 15.7 Å². The quantitative estimate of drug-likeness (QED) is 0.262. The van der Waals surface area contributed by atoms with Crippen molar-refractivity contribution >= 4 is 29.2 Å². The maximum atomic E-state index is 12.9. The van der Waals surface area contributed by atoms with E-state index in [0.29, 0.717) is 5.03 Å². The van der Waals surface area contributed by atoms with Gasteiger partial charge in [0.1, 0.15) is 22.4 Å². The van der Waals surface area contributed by atoms with Gasteiger partial charge in [-0.15, -0.1) is 0 Å². The number of ketones is 1. The van der Waals surface area contributed by atoms with E-state index in [-0.39, 0.29) is 22.7 Å². The second-order valence-corrected chi connectivity index (χ2v) is 8.19. The van der Waals surface area contributed by atoms with Crippen LogP contribution in [0.25, 0.3) is 11.3 Å². The molecule has 0 N–H and O–H groups in total. The Bertz CT molecular complexity index is 1350. The normalized spacial score (nSPS) is 14.4. The molecule has 0 fully saturated rings. The summed E-state index contributed by atoms with van der Waals surface area (Å²) in [4.78, 5) is 27.5. The molecule has 0 spiro atoms. The SMILES string of the molecule is CN1/C(=C(\C#N)C(=O)COC(=O)c2ccc(-c3cccc(C(F)(F)F)c3)o2)Sc2ccccc21. The van der Waals surface area contributed by atoms with Crippen LogP contribution in [0.1, 0.15) is 16.1 Å². The first-order valence-corrected chi connectivity index (χ1v) is 10.6. The summed E-state index contributed by atoms with van der Waals surface area (Å²) in [7, 11) is 1.73. The van der Waals surface area contributed by atoms with E-state index in [4.69, 9.17) is 9.15 Å². The van der Waals surface area contributed by atoms with Gasteiger partial charge in [0.05, 0.1) is 11.3 Å². The van der Waals surface area contributed by atoms with E-state index in [1.807, 2.05) is 30.3 Å². The number of nitriles is 1. The van der Waals surface area contributed by atoms with Crippen molar-refractivity contribution in [2.45, 2.75) is 11.1 Å². The van der Waals surface area contributed by atoms with Gasteiger partial charge in [-0.25, -0.2) is 4.79 Å². The van der Waals surface area contributed by atoms with Crippen molar-refractivity contribution in [2.24, 2.45) is 0 Å². The number of carbonyl (C=O) groups is 2. The lowest BCUT2D eigenvalue weighted by Crippen LogP contribution is -2.19. The number of benzene rings is 2. The van der Waals surface area contributed by atoms with Gasteiger partial charge in [0.2, 0.25) is 11.5 Å². The van der Waals surface area contributed by atoms with E-state index in [2.05, 4.69) is 0 Å². The number of para-hydroxylation sites is 1. The number of ether oxygens (including phenoxy) is 1. The van der Waals surface area contributed by atoms with Gasteiger partial charge >= 0.3 is 12.1 Å². The maximum absolute atomic E-state index is 12.9. The molecule has 0 atom stereocenters. The molecule has 0 saturated carbocycles. The van der Waals surface area contributed by atoms with Crippen LogP contribution in [0, 0.1) is 11.3 Å². The molecular formula is C24H15F3N2O4S. The summed E-state index contributed by atoms with van der Waals surface area (Å²) >= 11 is 1.26. The summed E-state index contributed by atoms with van der Waals surface area (Å²) in [5.41, 5.74) is -0.0363. The summed E-state index contributed by atoms with van der Waals surface area (Å²) in [5.74, 6) is -1.93. The van der Waals surface area contributed by atoms with Gasteiger partial charge in [0.15, 0.2) is 6.61 Å². The minimum Gasteiger partial charge on any atom is -0.451 e. The predicted molar refractivity (Wildman–Crippen MR) is 118 cm³/mol. The summed E-state index contributed by atoms with van der Waals surface area (Å²) < 4.78 is 49.1. The van der Waals surface area contributed by atoms with Crippen LogP contribution in [0.15, 0.2) is 80.6 Å². The fourth-order valence-electron chi connectivity index (χ4n) is 3.28. The van der Waals surface area contributed by atoms with Gasteiger partial charge in [-0.05, 0) is 36.4 Å². The number of anilines is 1. The molecule has 4 rings (SSSR count). The fourth-order valence-corrected chi connectivity index (χ4v) is 4.44. The topological polar surface area (TPSA) is 83.5 Å². The Morgan fingerprint density at radius 2 is 1.88 bits per heavy atom. The van der Waals surface area contributed by atoms with Gasteiger partial charge in [-0.1, -0.05) is 36.0 Å². The van der Waals surface area contributed by atoms with Crippen molar-refractivity contribution < 1.29 is 31.9 Å². The zero-order valence-electron chi connectivity index (χ0n) is 17.6. The number of carbonyl (C=O) groups excluding carboxylic acids is 2. The fraction of sp³-hybridized carbons (Fsp3) is 0.125. The summed E-state index contributed by atoms with van der Waals surface area (Å²) in [5, 5.41) is 9.96. The highest BCUT2D eigenvalue weighted by Crippen LogP contribution is 2.46. The molecule has 2 aromatic carbocycles. The number of Topliss-reactive ketones (excluding diaryl/α,β-unsaturated/α-hetero) is 1. The van der Waals surface area contributed by atoms with Crippen LogP contribution in [0.2, 0.25) is 0 Å². The van der Waals surface area contributed by atoms with E-state index >= 15 is 0 Å². The summed E-state index contributed by atoms with van der Waals surface area (Å²) in [6.45, 7) is -0.699. The van der Waals surface area contributed by atoms with Gasteiger partial charge in [0, 0.05) is 17.5 Å². The largest absolute Gasteiger partial charge is 0.451 e. The number of nitrogens with zero attached hydrogens (tertiary/aromatic N) is 2. The Hall–Kier alpha value is -3.97. The number of hydrogen-bond acceptors (Lipinski definition) is 7. The minimum absolute atomic E-state index is 0.0333. The van der Waals surface area contributed by atoms with Crippen molar-refractivity contribution in [1.29, 1.82) is 5.26 Å². The molecule has 6 nitrogen and oxygen atoms in total. The third kappa shape index (κ3) is 4.56. The lowest BCUT2D eigenvalue weighted by Gasteiger charge is -2.14. The molecule has 1 aromatic heterocycles. The van der Waals surface area contributed by atoms with Crippen molar-refractivity contribution in [3.8, 4) is 17.4 Å². The van der Waals surface area contributed by atoms with Gasteiger partial charge < -0.3 is 14.1 Å². The van der Waals surface area contributed by atoms with Crippen molar-refractivity contribution in [1.82, 2.24) is 0 Å². The van der Waals surface area contributed by atoms with Crippen LogP contribution >= 0.6 is 11.8 Å². The van der Waals surface area contributed by atoms with Crippen LogP contribution in [0.3, 0.4) is 0 Å². The van der Waals surface area contributed by atoms with Crippen molar-refractivity contribution in [2.75, 3.05) is 18.6 Å².